The Morgan fingerprint density at radius 3 is 2.50 bits per heavy atom. The van der Waals surface area contributed by atoms with Crippen molar-refractivity contribution < 1.29 is 9.53 Å². The largest absolute Gasteiger partial charge is 0.497 e. The van der Waals surface area contributed by atoms with Crippen LogP contribution in [-0.4, -0.2) is 62.6 Å². The van der Waals surface area contributed by atoms with Gasteiger partial charge in [-0.3, -0.25) is 9.69 Å². The van der Waals surface area contributed by atoms with Gasteiger partial charge in [-0.15, -0.1) is 0 Å². The van der Waals surface area contributed by atoms with Crippen LogP contribution in [0.5, 0.6) is 5.75 Å². The van der Waals surface area contributed by atoms with Gasteiger partial charge in [0.1, 0.15) is 5.75 Å². The third-order valence-electron chi connectivity index (χ3n) is 5.63. The lowest BCUT2D eigenvalue weighted by Gasteiger charge is -2.37. The molecular weight excluding hydrogens is 350 g/mol. The standard InChI is InChI=1S/C23H31N3O2/c1-18-7-5-10-22(19(18)2)26-13-11-25(12-14-26)17-23(27)24(3)16-20-8-6-9-21(15-20)28-4/h5-10,15H,11-14,16-17H2,1-4H3. The van der Waals surface area contributed by atoms with Crippen molar-refractivity contribution in [2.45, 2.75) is 20.4 Å². The zero-order valence-electron chi connectivity index (χ0n) is 17.4. The second kappa shape index (κ2) is 9.11. The molecule has 0 N–H and O–H groups in total. The number of carbonyl (C=O) groups is 1. The summed E-state index contributed by atoms with van der Waals surface area (Å²) in [6.07, 6.45) is 0. The van der Waals surface area contributed by atoms with Crippen LogP contribution >= 0.6 is 0 Å². The first-order chi connectivity index (χ1) is 13.5. The molecule has 5 nitrogen and oxygen atoms in total. The van der Waals surface area contributed by atoms with Crippen molar-refractivity contribution in [2.75, 3.05) is 51.8 Å². The monoisotopic (exact) mass is 381 g/mol. The summed E-state index contributed by atoms with van der Waals surface area (Å²) in [5.41, 5.74) is 5.08. The predicted octanol–water partition coefficient (Wildman–Crippen LogP) is 3.09. The number of amides is 1. The van der Waals surface area contributed by atoms with Crippen molar-refractivity contribution in [2.24, 2.45) is 0 Å². The number of anilines is 1. The maximum Gasteiger partial charge on any atom is 0.236 e. The van der Waals surface area contributed by atoms with E-state index in [4.69, 9.17) is 4.74 Å². The first-order valence-electron chi connectivity index (χ1n) is 9.88. The Labute approximate surface area is 168 Å². The van der Waals surface area contributed by atoms with E-state index in [1.807, 2.05) is 31.3 Å². The normalized spacial score (nSPS) is 14.8. The molecule has 3 rings (SSSR count). The van der Waals surface area contributed by atoms with Crippen LogP contribution in [0.15, 0.2) is 42.5 Å². The van der Waals surface area contributed by atoms with Crippen molar-refractivity contribution in [3.63, 3.8) is 0 Å². The van der Waals surface area contributed by atoms with Crippen LogP contribution in [0.2, 0.25) is 0 Å². The van der Waals surface area contributed by atoms with Crippen molar-refractivity contribution >= 4 is 11.6 Å². The van der Waals surface area contributed by atoms with Crippen molar-refractivity contribution in [3.05, 3.63) is 59.2 Å². The molecule has 0 aliphatic carbocycles. The number of ether oxygens (including phenoxy) is 1. The summed E-state index contributed by atoms with van der Waals surface area (Å²) in [5, 5.41) is 0. The fourth-order valence-electron chi connectivity index (χ4n) is 3.67. The molecule has 2 aromatic rings. The van der Waals surface area contributed by atoms with Crippen LogP contribution in [0, 0.1) is 13.8 Å². The highest BCUT2D eigenvalue weighted by atomic mass is 16.5. The fourth-order valence-corrected chi connectivity index (χ4v) is 3.67. The summed E-state index contributed by atoms with van der Waals surface area (Å²) in [6.45, 7) is 9.15. The number of benzene rings is 2. The van der Waals surface area contributed by atoms with Crippen LogP contribution in [0.25, 0.3) is 0 Å². The lowest BCUT2D eigenvalue weighted by Crippen LogP contribution is -2.49. The molecule has 1 saturated heterocycles. The summed E-state index contributed by atoms with van der Waals surface area (Å²) in [5.74, 6) is 0.976. The highest BCUT2D eigenvalue weighted by Gasteiger charge is 2.21. The smallest absolute Gasteiger partial charge is 0.236 e. The summed E-state index contributed by atoms with van der Waals surface area (Å²) >= 11 is 0. The fraction of sp³-hybridized carbons (Fsp3) is 0.435. The number of aryl methyl sites for hydroxylation is 1. The Morgan fingerprint density at radius 2 is 1.79 bits per heavy atom. The predicted molar refractivity (Wildman–Crippen MR) is 114 cm³/mol. The molecule has 1 aliphatic heterocycles. The van der Waals surface area contributed by atoms with Gasteiger partial charge in [-0.2, -0.15) is 0 Å². The molecule has 1 fully saturated rings. The van der Waals surface area contributed by atoms with Gasteiger partial charge in [0.15, 0.2) is 0 Å². The maximum absolute atomic E-state index is 12.7. The third-order valence-corrected chi connectivity index (χ3v) is 5.63. The molecular formula is C23H31N3O2. The van der Waals surface area contributed by atoms with Gasteiger partial charge in [0.2, 0.25) is 5.91 Å². The maximum atomic E-state index is 12.7. The molecule has 1 heterocycles. The van der Waals surface area contributed by atoms with Crippen molar-refractivity contribution in [1.29, 1.82) is 0 Å². The molecule has 0 unspecified atom stereocenters. The van der Waals surface area contributed by atoms with Crippen molar-refractivity contribution in [1.82, 2.24) is 9.80 Å². The number of carbonyl (C=O) groups excluding carboxylic acids is 1. The lowest BCUT2D eigenvalue weighted by molar-refractivity contribution is -0.131. The topological polar surface area (TPSA) is 36.0 Å². The molecule has 0 bridgehead atoms. The van der Waals surface area contributed by atoms with E-state index in [-0.39, 0.29) is 5.91 Å². The first-order valence-corrected chi connectivity index (χ1v) is 9.88. The second-order valence-corrected chi connectivity index (χ2v) is 7.58. The Kier molecular flexibility index (Phi) is 6.57. The van der Waals surface area contributed by atoms with Crippen LogP contribution in [0.4, 0.5) is 5.69 Å². The molecule has 0 saturated carbocycles. The average molecular weight is 382 g/mol. The third kappa shape index (κ3) is 4.84. The quantitative estimate of drug-likeness (QED) is 0.770. The number of likely N-dealkylation sites (N-methyl/N-ethyl adjacent to an activating group) is 1. The minimum Gasteiger partial charge on any atom is -0.497 e. The zero-order valence-corrected chi connectivity index (χ0v) is 17.4. The molecule has 0 atom stereocenters. The number of hydrogen-bond donors (Lipinski definition) is 0. The lowest BCUT2D eigenvalue weighted by atomic mass is 10.1. The molecule has 0 spiro atoms. The van der Waals surface area contributed by atoms with Crippen LogP contribution in [-0.2, 0) is 11.3 Å². The molecule has 1 amide bonds. The summed E-state index contributed by atoms with van der Waals surface area (Å²) in [6, 6.07) is 14.4. The van der Waals surface area contributed by atoms with E-state index in [1.165, 1.54) is 16.8 Å². The Bertz CT molecular complexity index is 813. The Balaban J connectivity index is 1.51. The number of hydrogen-bond acceptors (Lipinski definition) is 4. The van der Waals surface area contributed by atoms with Gasteiger partial charge in [0, 0.05) is 45.5 Å². The van der Waals surface area contributed by atoms with Crippen LogP contribution in [0.3, 0.4) is 0 Å². The Morgan fingerprint density at radius 1 is 1.07 bits per heavy atom. The molecule has 150 valence electrons. The highest BCUT2D eigenvalue weighted by Crippen LogP contribution is 2.23. The molecule has 28 heavy (non-hydrogen) atoms. The molecule has 2 aromatic carbocycles. The molecule has 5 heteroatoms. The van der Waals surface area contributed by atoms with E-state index >= 15 is 0 Å². The number of piperazine rings is 1. The van der Waals surface area contributed by atoms with Gasteiger partial charge in [-0.25, -0.2) is 0 Å². The van der Waals surface area contributed by atoms with Gasteiger partial charge < -0.3 is 14.5 Å². The summed E-state index contributed by atoms with van der Waals surface area (Å²) in [4.78, 5) is 19.1. The number of methoxy groups -OCH3 is 1. The van der Waals surface area contributed by atoms with Gasteiger partial charge in [-0.1, -0.05) is 24.3 Å². The average Bonchev–Trinajstić information content (AvgIpc) is 2.71. The number of nitrogens with zero attached hydrogens (tertiary/aromatic N) is 3. The van der Waals surface area contributed by atoms with E-state index in [1.54, 1.807) is 12.0 Å². The first kappa shape index (κ1) is 20.2. The highest BCUT2D eigenvalue weighted by molar-refractivity contribution is 5.78. The van der Waals surface area contributed by atoms with E-state index in [0.717, 1.165) is 37.5 Å². The van der Waals surface area contributed by atoms with E-state index in [2.05, 4.69) is 41.8 Å². The van der Waals surface area contributed by atoms with E-state index in [9.17, 15) is 4.79 Å². The van der Waals surface area contributed by atoms with Gasteiger partial charge in [0.05, 0.1) is 13.7 Å². The molecule has 1 aliphatic rings. The second-order valence-electron chi connectivity index (χ2n) is 7.58. The van der Waals surface area contributed by atoms with Gasteiger partial charge in [-0.05, 0) is 48.7 Å². The SMILES string of the molecule is COc1cccc(CN(C)C(=O)CN2CCN(c3cccc(C)c3C)CC2)c1. The number of rotatable bonds is 6. The van der Waals surface area contributed by atoms with Crippen LogP contribution < -0.4 is 9.64 Å². The summed E-state index contributed by atoms with van der Waals surface area (Å²) < 4.78 is 5.26. The van der Waals surface area contributed by atoms with E-state index in [0.29, 0.717) is 13.1 Å². The Hall–Kier alpha value is -2.53. The zero-order chi connectivity index (χ0) is 20.1. The van der Waals surface area contributed by atoms with Crippen molar-refractivity contribution in [3.8, 4) is 5.75 Å². The van der Waals surface area contributed by atoms with Gasteiger partial charge >= 0.3 is 0 Å². The minimum atomic E-state index is 0.156. The minimum absolute atomic E-state index is 0.156. The summed E-state index contributed by atoms with van der Waals surface area (Å²) in [7, 11) is 3.53. The van der Waals surface area contributed by atoms with E-state index < -0.39 is 0 Å². The molecule has 0 radical (unpaired) electrons. The molecule has 0 aromatic heterocycles. The van der Waals surface area contributed by atoms with Gasteiger partial charge in [0.25, 0.3) is 0 Å². The van der Waals surface area contributed by atoms with Crippen LogP contribution in [0.1, 0.15) is 16.7 Å².